The van der Waals surface area contributed by atoms with Crippen LogP contribution in [0.25, 0.3) is 0 Å². The molecular formula is C15H21NO4. The SMILES string of the molecule is COC(=O)[C@](NC(C)=O)(C(C)C)[C@@H](O)c1ccccc1. The normalized spacial score (nSPS) is 15.3. The van der Waals surface area contributed by atoms with Gasteiger partial charge in [-0.1, -0.05) is 44.2 Å². The van der Waals surface area contributed by atoms with Gasteiger partial charge in [0.05, 0.1) is 7.11 Å². The summed E-state index contributed by atoms with van der Waals surface area (Å²) in [5.41, 5.74) is -0.970. The molecule has 0 saturated carbocycles. The molecule has 0 aliphatic carbocycles. The molecule has 0 unspecified atom stereocenters. The number of ether oxygens (including phenoxy) is 1. The minimum atomic E-state index is -1.51. The maximum Gasteiger partial charge on any atom is 0.334 e. The Bertz CT molecular complexity index is 472. The maximum absolute atomic E-state index is 12.2. The van der Waals surface area contributed by atoms with Crippen molar-refractivity contribution in [3.63, 3.8) is 0 Å². The second kappa shape index (κ2) is 6.52. The zero-order valence-electron chi connectivity index (χ0n) is 12.2. The van der Waals surface area contributed by atoms with E-state index in [0.717, 1.165) is 0 Å². The predicted octanol–water partition coefficient (Wildman–Crippen LogP) is 1.42. The molecule has 0 aliphatic rings. The highest BCUT2D eigenvalue weighted by Crippen LogP contribution is 2.33. The van der Waals surface area contributed by atoms with Crippen LogP contribution in [0.4, 0.5) is 0 Å². The van der Waals surface area contributed by atoms with Crippen molar-refractivity contribution in [3.8, 4) is 0 Å². The Hall–Kier alpha value is -1.88. The van der Waals surface area contributed by atoms with Gasteiger partial charge < -0.3 is 15.2 Å². The first-order chi connectivity index (χ1) is 9.36. The van der Waals surface area contributed by atoms with Gasteiger partial charge in [-0.25, -0.2) is 4.79 Å². The van der Waals surface area contributed by atoms with Gasteiger partial charge in [-0.2, -0.15) is 0 Å². The Morgan fingerprint density at radius 3 is 2.20 bits per heavy atom. The smallest absolute Gasteiger partial charge is 0.334 e. The van der Waals surface area contributed by atoms with E-state index in [9.17, 15) is 14.7 Å². The summed E-state index contributed by atoms with van der Waals surface area (Å²) < 4.78 is 4.81. The van der Waals surface area contributed by atoms with Crippen molar-refractivity contribution < 1.29 is 19.4 Å². The third-order valence-corrected chi connectivity index (χ3v) is 3.36. The summed E-state index contributed by atoms with van der Waals surface area (Å²) in [6.45, 7) is 4.80. The van der Waals surface area contributed by atoms with E-state index in [1.807, 2.05) is 6.07 Å². The highest BCUT2D eigenvalue weighted by atomic mass is 16.5. The van der Waals surface area contributed by atoms with E-state index < -0.39 is 23.5 Å². The second-order valence-electron chi connectivity index (χ2n) is 5.01. The van der Waals surface area contributed by atoms with E-state index in [-0.39, 0.29) is 5.92 Å². The molecule has 0 aromatic heterocycles. The van der Waals surface area contributed by atoms with E-state index in [1.165, 1.54) is 14.0 Å². The molecule has 0 aliphatic heterocycles. The molecular weight excluding hydrogens is 258 g/mol. The molecule has 2 atom stereocenters. The van der Waals surface area contributed by atoms with Crippen LogP contribution in [0, 0.1) is 5.92 Å². The first kappa shape index (κ1) is 16.2. The van der Waals surface area contributed by atoms with Gasteiger partial charge >= 0.3 is 5.97 Å². The van der Waals surface area contributed by atoms with Gasteiger partial charge in [-0.05, 0) is 11.5 Å². The molecule has 2 N–H and O–H groups in total. The summed E-state index contributed by atoms with van der Waals surface area (Å²) in [6, 6.07) is 8.73. The molecule has 1 rings (SSSR count). The van der Waals surface area contributed by atoms with Crippen LogP contribution in [0.1, 0.15) is 32.4 Å². The van der Waals surface area contributed by atoms with E-state index in [0.29, 0.717) is 5.56 Å². The number of benzene rings is 1. The fraction of sp³-hybridized carbons (Fsp3) is 0.467. The Morgan fingerprint density at radius 2 is 1.80 bits per heavy atom. The first-order valence-corrected chi connectivity index (χ1v) is 6.46. The zero-order chi connectivity index (χ0) is 15.3. The molecule has 1 aromatic rings. The van der Waals surface area contributed by atoms with Gasteiger partial charge in [0.2, 0.25) is 5.91 Å². The number of aliphatic hydroxyl groups excluding tert-OH is 1. The molecule has 0 spiro atoms. The topological polar surface area (TPSA) is 75.6 Å². The lowest BCUT2D eigenvalue weighted by molar-refractivity contribution is -0.160. The van der Waals surface area contributed by atoms with Gasteiger partial charge in [0.25, 0.3) is 0 Å². The summed E-state index contributed by atoms with van der Waals surface area (Å²) in [5.74, 6) is -1.42. The molecule has 5 nitrogen and oxygen atoms in total. The van der Waals surface area contributed by atoms with Gasteiger partial charge in [-0.3, -0.25) is 4.79 Å². The van der Waals surface area contributed by atoms with Crippen molar-refractivity contribution in [1.29, 1.82) is 0 Å². The van der Waals surface area contributed by atoms with Crippen molar-refractivity contribution in [3.05, 3.63) is 35.9 Å². The molecule has 1 aromatic carbocycles. The van der Waals surface area contributed by atoms with Gasteiger partial charge in [0.15, 0.2) is 5.54 Å². The van der Waals surface area contributed by atoms with E-state index >= 15 is 0 Å². The third kappa shape index (κ3) is 2.99. The fourth-order valence-corrected chi connectivity index (χ4v) is 2.29. The number of esters is 1. The number of hydrogen-bond donors (Lipinski definition) is 2. The van der Waals surface area contributed by atoms with Crippen LogP contribution in [0.3, 0.4) is 0 Å². The predicted molar refractivity (Wildman–Crippen MR) is 74.8 cm³/mol. The summed E-state index contributed by atoms with van der Waals surface area (Å²) in [6.07, 6.45) is -1.19. The van der Waals surface area contributed by atoms with Crippen LogP contribution in [-0.4, -0.2) is 29.6 Å². The monoisotopic (exact) mass is 279 g/mol. The number of rotatable bonds is 5. The molecule has 0 fully saturated rings. The summed E-state index contributed by atoms with van der Waals surface area (Å²) in [4.78, 5) is 23.7. The first-order valence-electron chi connectivity index (χ1n) is 6.46. The van der Waals surface area contributed by atoms with Crippen molar-refractivity contribution in [1.82, 2.24) is 5.32 Å². The number of nitrogens with one attached hydrogen (secondary N) is 1. The minimum Gasteiger partial charge on any atom is -0.467 e. The Morgan fingerprint density at radius 1 is 1.25 bits per heavy atom. The number of amides is 1. The van der Waals surface area contributed by atoms with Crippen LogP contribution in [0.2, 0.25) is 0 Å². The third-order valence-electron chi connectivity index (χ3n) is 3.36. The van der Waals surface area contributed by atoms with Crippen LogP contribution >= 0.6 is 0 Å². The molecule has 5 heteroatoms. The standard InChI is InChI=1S/C15H21NO4/c1-10(2)15(14(19)20-4,16-11(3)17)13(18)12-8-6-5-7-9-12/h5-10,13,18H,1-4H3,(H,16,17)/t13-,15-/m0/s1. The largest absolute Gasteiger partial charge is 0.467 e. The quantitative estimate of drug-likeness (QED) is 0.799. The number of hydrogen-bond acceptors (Lipinski definition) is 4. The summed E-state index contributed by atoms with van der Waals surface area (Å²) >= 11 is 0. The lowest BCUT2D eigenvalue weighted by Crippen LogP contribution is -2.62. The van der Waals surface area contributed by atoms with Crippen molar-refractivity contribution in [2.75, 3.05) is 7.11 Å². The fourth-order valence-electron chi connectivity index (χ4n) is 2.29. The lowest BCUT2D eigenvalue weighted by Gasteiger charge is -2.39. The van der Waals surface area contributed by atoms with Crippen molar-refractivity contribution >= 4 is 11.9 Å². The van der Waals surface area contributed by atoms with Crippen LogP contribution < -0.4 is 5.32 Å². The number of carbonyl (C=O) groups is 2. The Kier molecular flexibility index (Phi) is 5.27. The maximum atomic E-state index is 12.2. The van der Waals surface area contributed by atoms with Gasteiger partial charge in [0, 0.05) is 6.92 Å². The molecule has 0 radical (unpaired) electrons. The second-order valence-corrected chi connectivity index (χ2v) is 5.01. The van der Waals surface area contributed by atoms with Crippen molar-refractivity contribution in [2.24, 2.45) is 5.92 Å². The lowest BCUT2D eigenvalue weighted by atomic mass is 9.78. The molecule has 20 heavy (non-hydrogen) atoms. The van der Waals surface area contributed by atoms with E-state index in [2.05, 4.69) is 5.32 Å². The number of methoxy groups -OCH3 is 1. The Balaban J connectivity index is 3.34. The zero-order valence-corrected chi connectivity index (χ0v) is 12.2. The number of carbonyl (C=O) groups excluding carboxylic acids is 2. The van der Waals surface area contributed by atoms with Crippen LogP contribution in [-0.2, 0) is 14.3 Å². The molecule has 0 heterocycles. The molecule has 0 saturated heterocycles. The molecule has 0 bridgehead atoms. The van der Waals surface area contributed by atoms with E-state index in [1.54, 1.807) is 38.1 Å². The van der Waals surface area contributed by atoms with Crippen molar-refractivity contribution in [2.45, 2.75) is 32.4 Å². The average Bonchev–Trinajstić information content (AvgIpc) is 2.43. The highest BCUT2D eigenvalue weighted by molar-refractivity contribution is 5.88. The average molecular weight is 279 g/mol. The summed E-state index contributed by atoms with van der Waals surface area (Å²) in [5, 5.41) is 13.2. The highest BCUT2D eigenvalue weighted by Gasteiger charge is 2.50. The van der Waals surface area contributed by atoms with Crippen LogP contribution in [0.5, 0.6) is 0 Å². The molecule has 1 amide bonds. The van der Waals surface area contributed by atoms with E-state index in [4.69, 9.17) is 4.74 Å². The van der Waals surface area contributed by atoms with Crippen LogP contribution in [0.15, 0.2) is 30.3 Å². The minimum absolute atomic E-state index is 0.353. The van der Waals surface area contributed by atoms with Gasteiger partial charge in [0.1, 0.15) is 6.10 Å². The Labute approximate surface area is 118 Å². The molecule has 110 valence electrons. The van der Waals surface area contributed by atoms with Gasteiger partial charge in [-0.15, -0.1) is 0 Å². The summed E-state index contributed by atoms with van der Waals surface area (Å²) in [7, 11) is 1.24. The number of aliphatic hydroxyl groups is 1.